The number of rotatable bonds is 9. The zero-order valence-electron chi connectivity index (χ0n) is 19.7. The molecule has 0 spiro atoms. The van der Waals surface area contributed by atoms with Crippen LogP contribution in [0.15, 0.2) is 48.7 Å². The Morgan fingerprint density at radius 1 is 1.08 bits per heavy atom. The molecule has 1 saturated heterocycles. The molecule has 0 radical (unpaired) electrons. The Morgan fingerprint density at radius 3 is 2.41 bits per heavy atom. The van der Waals surface area contributed by atoms with Gasteiger partial charge in [-0.2, -0.15) is 4.98 Å². The monoisotopic (exact) mass is 510 g/mol. The van der Waals surface area contributed by atoms with Gasteiger partial charge in [0, 0.05) is 37.0 Å². The van der Waals surface area contributed by atoms with Gasteiger partial charge in [0.15, 0.2) is 11.6 Å². The van der Waals surface area contributed by atoms with Crippen molar-refractivity contribution in [2.45, 2.75) is 19.4 Å². The Bertz CT molecular complexity index is 1330. The number of carboxylic acid groups (broad SMARTS) is 1. The number of hydrogen-bond acceptors (Lipinski definition) is 8. The smallest absolute Gasteiger partial charge is 0.337 e. The molecule has 1 atom stereocenters. The lowest BCUT2D eigenvalue weighted by Gasteiger charge is -2.30. The fourth-order valence-electron chi connectivity index (χ4n) is 3.28. The predicted molar refractivity (Wildman–Crippen MR) is 128 cm³/mol. The fraction of sp³-hybridized carbons (Fsp3) is 0.240. The highest BCUT2D eigenvalue weighted by atomic mass is 19.1. The Morgan fingerprint density at radius 2 is 1.81 bits per heavy atom. The van der Waals surface area contributed by atoms with Gasteiger partial charge >= 0.3 is 5.97 Å². The summed E-state index contributed by atoms with van der Waals surface area (Å²) in [6.45, 7) is 2.52. The molecule has 11 nitrogen and oxygen atoms in total. The van der Waals surface area contributed by atoms with Gasteiger partial charge in [-0.1, -0.05) is 0 Å². The van der Waals surface area contributed by atoms with Gasteiger partial charge in [0.1, 0.15) is 11.9 Å². The highest BCUT2D eigenvalue weighted by molar-refractivity contribution is 6.04. The molecule has 1 aliphatic rings. The van der Waals surface area contributed by atoms with E-state index >= 15 is 0 Å². The summed E-state index contributed by atoms with van der Waals surface area (Å²) in [4.78, 5) is 45.8. The van der Waals surface area contributed by atoms with Crippen molar-refractivity contribution in [3.8, 4) is 17.5 Å². The Balaban J connectivity index is 1.57. The number of amides is 2. The maximum Gasteiger partial charge on any atom is 0.337 e. The fourth-order valence-corrected chi connectivity index (χ4v) is 3.28. The summed E-state index contributed by atoms with van der Waals surface area (Å²) in [7, 11) is 0. The van der Waals surface area contributed by atoms with Crippen LogP contribution in [0.1, 0.15) is 44.4 Å². The van der Waals surface area contributed by atoms with Crippen LogP contribution in [0.4, 0.5) is 10.2 Å². The number of carbonyl (C=O) groups is 3. The van der Waals surface area contributed by atoms with E-state index in [1.807, 2.05) is 0 Å². The van der Waals surface area contributed by atoms with E-state index in [1.54, 1.807) is 11.8 Å². The summed E-state index contributed by atoms with van der Waals surface area (Å²) in [6, 6.07) is 8.95. The second kappa shape index (κ2) is 11.0. The Labute approximate surface area is 210 Å². The molecular formula is C25H23FN4O7. The van der Waals surface area contributed by atoms with Crippen molar-refractivity contribution in [1.82, 2.24) is 14.9 Å². The number of ether oxygens (including phenoxy) is 2. The molecule has 3 aromatic rings. The van der Waals surface area contributed by atoms with Gasteiger partial charge in [-0.15, -0.1) is 0 Å². The first-order chi connectivity index (χ1) is 17.7. The zero-order chi connectivity index (χ0) is 26.5. The van der Waals surface area contributed by atoms with E-state index in [9.17, 15) is 23.9 Å². The number of halogens is 1. The van der Waals surface area contributed by atoms with Crippen molar-refractivity contribution in [3.63, 3.8) is 0 Å². The number of pyridine rings is 2. The van der Waals surface area contributed by atoms with Crippen LogP contribution in [-0.2, 0) is 0 Å². The van der Waals surface area contributed by atoms with Crippen LogP contribution in [0.5, 0.6) is 17.5 Å². The molecule has 4 rings (SSSR count). The second-order valence-corrected chi connectivity index (χ2v) is 8.23. The lowest BCUT2D eigenvalue weighted by Crippen LogP contribution is -2.42. The first kappa shape index (κ1) is 25.5. The SMILES string of the molecule is C[C@H](CO)Oc1cc(C(=O)Nc2ccc(C(=O)O)cn2)cc(Oc2ccc(C(=O)N3CCC3)cc2F)n1. The first-order valence-corrected chi connectivity index (χ1v) is 11.3. The number of aliphatic hydroxyl groups excluding tert-OH is 1. The van der Waals surface area contributed by atoms with Crippen molar-refractivity contribution in [2.75, 3.05) is 25.0 Å². The van der Waals surface area contributed by atoms with Gasteiger partial charge in [0.25, 0.3) is 11.8 Å². The zero-order valence-corrected chi connectivity index (χ0v) is 19.7. The number of carbonyl (C=O) groups excluding carboxylic acids is 2. The largest absolute Gasteiger partial charge is 0.478 e. The van der Waals surface area contributed by atoms with Crippen LogP contribution >= 0.6 is 0 Å². The van der Waals surface area contributed by atoms with Crippen molar-refractivity contribution >= 4 is 23.6 Å². The first-order valence-electron chi connectivity index (χ1n) is 11.3. The molecule has 3 N–H and O–H groups in total. The van der Waals surface area contributed by atoms with E-state index in [0.717, 1.165) is 18.7 Å². The predicted octanol–water partition coefficient (Wildman–Crippen LogP) is 2.96. The standard InChI is InChI=1S/C25H23FN4O7/c1-14(13-31)36-21-10-17(23(32)28-20-6-4-16(12-27-20)25(34)35)11-22(29-21)37-19-5-3-15(9-18(19)26)24(33)30-7-2-8-30/h3-6,9-12,14,31H,2,7-8,13H2,1H3,(H,34,35)(H,27,28,32)/t14-/m1/s1. The van der Waals surface area contributed by atoms with Gasteiger partial charge in [-0.05, 0) is 43.7 Å². The molecule has 2 amide bonds. The number of likely N-dealkylation sites (tertiary alicyclic amines) is 1. The molecule has 1 aromatic carbocycles. The topological polar surface area (TPSA) is 151 Å². The average Bonchev–Trinajstić information content (AvgIpc) is 2.84. The van der Waals surface area contributed by atoms with Crippen LogP contribution in [0, 0.1) is 5.82 Å². The number of hydrogen-bond donors (Lipinski definition) is 3. The average molecular weight is 510 g/mol. The summed E-state index contributed by atoms with van der Waals surface area (Å²) in [6.07, 6.45) is 1.34. The summed E-state index contributed by atoms with van der Waals surface area (Å²) >= 11 is 0. The van der Waals surface area contributed by atoms with Gasteiger partial charge in [-0.25, -0.2) is 14.2 Å². The summed E-state index contributed by atoms with van der Waals surface area (Å²) in [5.41, 5.74) is 0.151. The summed E-state index contributed by atoms with van der Waals surface area (Å²) in [5.74, 6) is -3.26. The minimum Gasteiger partial charge on any atom is -0.478 e. The van der Waals surface area contributed by atoms with E-state index in [-0.39, 0.29) is 52.5 Å². The third kappa shape index (κ3) is 6.16. The van der Waals surface area contributed by atoms with Crippen molar-refractivity contribution in [2.24, 2.45) is 0 Å². The van der Waals surface area contributed by atoms with Crippen LogP contribution in [-0.4, -0.2) is 68.7 Å². The quantitative estimate of drug-likeness (QED) is 0.395. The van der Waals surface area contributed by atoms with E-state index < -0.39 is 23.8 Å². The molecule has 3 heterocycles. The van der Waals surface area contributed by atoms with Crippen LogP contribution in [0.25, 0.3) is 0 Å². The van der Waals surface area contributed by atoms with Crippen molar-refractivity contribution < 1.29 is 38.5 Å². The third-order valence-corrected chi connectivity index (χ3v) is 5.41. The molecule has 37 heavy (non-hydrogen) atoms. The van der Waals surface area contributed by atoms with E-state index in [2.05, 4.69) is 15.3 Å². The molecular weight excluding hydrogens is 487 g/mol. The molecule has 192 valence electrons. The number of aromatic nitrogens is 2. The molecule has 0 saturated carbocycles. The minimum atomic E-state index is -1.16. The van der Waals surface area contributed by atoms with Gasteiger partial charge < -0.3 is 29.9 Å². The summed E-state index contributed by atoms with van der Waals surface area (Å²) in [5, 5.41) is 20.8. The maximum absolute atomic E-state index is 14.8. The third-order valence-electron chi connectivity index (χ3n) is 5.41. The molecule has 0 unspecified atom stereocenters. The lowest BCUT2D eigenvalue weighted by atomic mass is 10.1. The van der Waals surface area contributed by atoms with Crippen LogP contribution < -0.4 is 14.8 Å². The number of nitrogens with zero attached hydrogens (tertiary/aromatic N) is 3. The molecule has 0 bridgehead atoms. The van der Waals surface area contributed by atoms with Crippen LogP contribution in [0.3, 0.4) is 0 Å². The number of aromatic carboxylic acids is 1. The minimum absolute atomic E-state index is 0.0132. The number of nitrogens with one attached hydrogen (secondary N) is 1. The highest BCUT2D eigenvalue weighted by Gasteiger charge is 2.23. The van der Waals surface area contributed by atoms with Gasteiger partial charge in [0.05, 0.1) is 17.7 Å². The van der Waals surface area contributed by atoms with Gasteiger partial charge in [0.2, 0.25) is 11.8 Å². The van der Waals surface area contributed by atoms with Crippen molar-refractivity contribution in [1.29, 1.82) is 0 Å². The number of benzene rings is 1. The Hall–Kier alpha value is -4.58. The van der Waals surface area contributed by atoms with Gasteiger partial charge in [-0.3, -0.25) is 9.59 Å². The summed E-state index contributed by atoms with van der Waals surface area (Å²) < 4.78 is 25.8. The number of anilines is 1. The second-order valence-electron chi connectivity index (χ2n) is 8.23. The molecule has 1 aliphatic heterocycles. The highest BCUT2D eigenvalue weighted by Crippen LogP contribution is 2.28. The molecule has 2 aromatic heterocycles. The molecule has 0 aliphatic carbocycles. The number of carboxylic acids is 1. The molecule has 12 heteroatoms. The van der Waals surface area contributed by atoms with E-state index in [1.165, 1.54) is 36.4 Å². The lowest BCUT2D eigenvalue weighted by molar-refractivity contribution is 0.0649. The number of aliphatic hydroxyl groups is 1. The van der Waals surface area contributed by atoms with Crippen molar-refractivity contribution in [3.05, 3.63) is 71.2 Å². The normalized spacial score (nSPS) is 13.3. The maximum atomic E-state index is 14.8. The molecule has 1 fully saturated rings. The Kier molecular flexibility index (Phi) is 7.58. The van der Waals surface area contributed by atoms with E-state index in [0.29, 0.717) is 13.1 Å². The van der Waals surface area contributed by atoms with E-state index in [4.69, 9.17) is 14.6 Å². The van der Waals surface area contributed by atoms with Crippen LogP contribution in [0.2, 0.25) is 0 Å².